The fourth-order valence-corrected chi connectivity index (χ4v) is 1.93. The Hall–Kier alpha value is -2.20. The van der Waals surface area contributed by atoms with Gasteiger partial charge in [-0.1, -0.05) is 30.3 Å². The average Bonchev–Trinajstić information content (AvgIpc) is 2.41. The molecular formula is C15H17N3O. The number of hydrogen-bond acceptors (Lipinski definition) is 3. The van der Waals surface area contributed by atoms with Crippen molar-refractivity contribution in [1.82, 2.24) is 4.98 Å². The zero-order valence-corrected chi connectivity index (χ0v) is 10.8. The van der Waals surface area contributed by atoms with Gasteiger partial charge >= 0.3 is 0 Å². The van der Waals surface area contributed by atoms with E-state index in [9.17, 15) is 4.79 Å². The Bertz CT molecular complexity index is 554. The van der Waals surface area contributed by atoms with Crippen LogP contribution in [-0.2, 0) is 4.79 Å². The fraction of sp³-hybridized carbons (Fsp3) is 0.200. The van der Waals surface area contributed by atoms with Gasteiger partial charge in [0.05, 0.1) is 5.92 Å². The van der Waals surface area contributed by atoms with Crippen molar-refractivity contribution in [1.29, 1.82) is 0 Å². The van der Waals surface area contributed by atoms with E-state index in [1.807, 2.05) is 43.3 Å². The highest BCUT2D eigenvalue weighted by molar-refractivity contribution is 5.96. The normalized spacial score (nSPS) is 11.9. The van der Waals surface area contributed by atoms with Gasteiger partial charge in [-0.15, -0.1) is 0 Å². The van der Waals surface area contributed by atoms with Crippen LogP contribution in [0, 0.1) is 6.92 Å². The molecule has 98 valence electrons. The maximum Gasteiger partial charge on any atom is 0.233 e. The van der Waals surface area contributed by atoms with E-state index in [1.54, 1.807) is 12.3 Å². The molecule has 1 unspecified atom stereocenters. The van der Waals surface area contributed by atoms with Crippen molar-refractivity contribution in [3.63, 3.8) is 0 Å². The van der Waals surface area contributed by atoms with Gasteiger partial charge in [0.25, 0.3) is 0 Å². The van der Waals surface area contributed by atoms with Crippen LogP contribution >= 0.6 is 0 Å². The molecule has 0 bridgehead atoms. The van der Waals surface area contributed by atoms with Crippen LogP contribution in [0.5, 0.6) is 0 Å². The fourth-order valence-electron chi connectivity index (χ4n) is 1.93. The number of amides is 1. The molecule has 4 heteroatoms. The molecule has 19 heavy (non-hydrogen) atoms. The number of carbonyl (C=O) groups is 1. The van der Waals surface area contributed by atoms with Crippen molar-refractivity contribution >= 4 is 11.6 Å². The number of nitrogens with one attached hydrogen (secondary N) is 1. The molecule has 4 nitrogen and oxygen atoms in total. The minimum atomic E-state index is -0.338. The van der Waals surface area contributed by atoms with E-state index < -0.39 is 0 Å². The van der Waals surface area contributed by atoms with Crippen LogP contribution in [0.3, 0.4) is 0 Å². The van der Waals surface area contributed by atoms with Crippen LogP contribution in [-0.4, -0.2) is 17.4 Å². The number of anilines is 1. The lowest BCUT2D eigenvalue weighted by molar-refractivity contribution is -0.117. The molecule has 0 spiro atoms. The lowest BCUT2D eigenvalue weighted by Gasteiger charge is -2.15. The van der Waals surface area contributed by atoms with E-state index in [4.69, 9.17) is 5.73 Å². The Balaban J connectivity index is 2.14. The molecule has 0 radical (unpaired) electrons. The van der Waals surface area contributed by atoms with E-state index in [0.29, 0.717) is 0 Å². The molecule has 0 aliphatic rings. The second-order valence-electron chi connectivity index (χ2n) is 4.37. The molecule has 1 atom stereocenters. The van der Waals surface area contributed by atoms with Gasteiger partial charge in [-0.3, -0.25) is 9.78 Å². The van der Waals surface area contributed by atoms with Crippen LogP contribution in [0.1, 0.15) is 17.2 Å². The van der Waals surface area contributed by atoms with E-state index in [1.165, 1.54) is 0 Å². The van der Waals surface area contributed by atoms with Gasteiger partial charge in [0.1, 0.15) is 0 Å². The molecule has 1 aromatic heterocycles. The van der Waals surface area contributed by atoms with Crippen LogP contribution in [0.2, 0.25) is 0 Å². The van der Waals surface area contributed by atoms with E-state index in [2.05, 4.69) is 10.3 Å². The first-order valence-electron chi connectivity index (χ1n) is 6.19. The summed E-state index contributed by atoms with van der Waals surface area (Å²) in [6.07, 6.45) is 1.67. The van der Waals surface area contributed by atoms with Crippen LogP contribution in [0.25, 0.3) is 0 Å². The van der Waals surface area contributed by atoms with Crippen molar-refractivity contribution in [2.45, 2.75) is 12.8 Å². The monoisotopic (exact) mass is 255 g/mol. The molecule has 2 rings (SSSR count). The lowest BCUT2D eigenvalue weighted by Crippen LogP contribution is -2.27. The van der Waals surface area contributed by atoms with Crippen molar-refractivity contribution < 1.29 is 4.79 Å². The summed E-state index contributed by atoms with van der Waals surface area (Å²) in [5.74, 6) is -0.436. The largest absolute Gasteiger partial charge is 0.329 e. The van der Waals surface area contributed by atoms with Crippen molar-refractivity contribution in [3.05, 3.63) is 59.9 Å². The predicted octanol–water partition coefficient (Wildman–Crippen LogP) is 2.07. The molecule has 1 heterocycles. The number of aromatic nitrogens is 1. The first-order valence-corrected chi connectivity index (χ1v) is 6.19. The summed E-state index contributed by atoms with van der Waals surface area (Å²) in [6.45, 7) is 2.16. The van der Waals surface area contributed by atoms with Gasteiger partial charge in [0.15, 0.2) is 0 Å². The maximum absolute atomic E-state index is 12.2. The van der Waals surface area contributed by atoms with Crippen molar-refractivity contribution in [3.8, 4) is 0 Å². The molecule has 3 N–H and O–H groups in total. The lowest BCUT2D eigenvalue weighted by atomic mass is 9.98. The number of hydrogen-bond donors (Lipinski definition) is 2. The van der Waals surface area contributed by atoms with Crippen molar-refractivity contribution in [2.24, 2.45) is 5.73 Å². The van der Waals surface area contributed by atoms with Crippen LogP contribution in [0.4, 0.5) is 5.69 Å². The van der Waals surface area contributed by atoms with E-state index >= 15 is 0 Å². The molecule has 0 aliphatic carbocycles. The van der Waals surface area contributed by atoms with Gasteiger partial charge in [-0.25, -0.2) is 0 Å². The van der Waals surface area contributed by atoms with Gasteiger partial charge < -0.3 is 11.1 Å². The second kappa shape index (κ2) is 6.11. The number of nitrogens with two attached hydrogens (primary N) is 1. The molecule has 0 saturated carbocycles. The van der Waals surface area contributed by atoms with E-state index in [-0.39, 0.29) is 18.4 Å². The highest BCUT2D eigenvalue weighted by atomic mass is 16.1. The standard InChI is InChI=1S/C15H17N3O/c1-11-9-13(7-8-17-11)18-15(19)14(10-16)12-5-3-2-4-6-12/h2-9,14H,10,16H2,1H3,(H,17,18,19). The molecule has 0 saturated heterocycles. The Kier molecular flexibility index (Phi) is 4.26. The minimum absolute atomic E-state index is 0.0979. The minimum Gasteiger partial charge on any atom is -0.329 e. The number of benzene rings is 1. The van der Waals surface area contributed by atoms with Crippen LogP contribution in [0.15, 0.2) is 48.7 Å². The molecule has 0 aliphatic heterocycles. The first kappa shape index (κ1) is 13.2. The SMILES string of the molecule is Cc1cc(NC(=O)C(CN)c2ccccc2)ccn1. The quantitative estimate of drug-likeness (QED) is 0.878. The summed E-state index contributed by atoms with van der Waals surface area (Å²) in [6, 6.07) is 13.1. The highest BCUT2D eigenvalue weighted by Gasteiger charge is 2.18. The summed E-state index contributed by atoms with van der Waals surface area (Å²) in [4.78, 5) is 16.3. The third-order valence-electron chi connectivity index (χ3n) is 2.92. The molecule has 1 amide bonds. The van der Waals surface area contributed by atoms with Gasteiger partial charge in [0.2, 0.25) is 5.91 Å². The molecular weight excluding hydrogens is 238 g/mol. The van der Waals surface area contributed by atoms with Crippen LogP contribution < -0.4 is 11.1 Å². The maximum atomic E-state index is 12.2. The second-order valence-corrected chi connectivity index (χ2v) is 4.37. The summed E-state index contributed by atoms with van der Waals surface area (Å²) < 4.78 is 0. The Morgan fingerprint density at radius 1 is 1.32 bits per heavy atom. The number of carbonyl (C=O) groups excluding carboxylic acids is 1. The third-order valence-corrected chi connectivity index (χ3v) is 2.92. The predicted molar refractivity (Wildman–Crippen MR) is 75.8 cm³/mol. The highest BCUT2D eigenvalue weighted by Crippen LogP contribution is 2.17. The first-order chi connectivity index (χ1) is 9.20. The number of rotatable bonds is 4. The van der Waals surface area contributed by atoms with E-state index in [0.717, 1.165) is 16.9 Å². The van der Waals surface area contributed by atoms with Crippen molar-refractivity contribution in [2.75, 3.05) is 11.9 Å². The Labute approximate surface area is 112 Å². The summed E-state index contributed by atoms with van der Waals surface area (Å²) >= 11 is 0. The molecule has 1 aromatic carbocycles. The molecule has 0 fully saturated rings. The molecule has 2 aromatic rings. The third kappa shape index (κ3) is 3.39. The summed E-state index contributed by atoms with van der Waals surface area (Å²) in [7, 11) is 0. The average molecular weight is 255 g/mol. The smallest absolute Gasteiger partial charge is 0.233 e. The zero-order chi connectivity index (χ0) is 13.7. The Morgan fingerprint density at radius 2 is 2.05 bits per heavy atom. The summed E-state index contributed by atoms with van der Waals surface area (Å²) in [5, 5.41) is 2.87. The van der Waals surface area contributed by atoms with Gasteiger partial charge in [-0.2, -0.15) is 0 Å². The van der Waals surface area contributed by atoms with Gasteiger partial charge in [-0.05, 0) is 24.6 Å². The Morgan fingerprint density at radius 3 is 2.68 bits per heavy atom. The topological polar surface area (TPSA) is 68.0 Å². The number of aryl methyl sites for hydroxylation is 1. The van der Waals surface area contributed by atoms with Gasteiger partial charge in [0, 0.05) is 24.1 Å². The summed E-state index contributed by atoms with van der Waals surface area (Å²) in [5.41, 5.74) is 8.25. The number of nitrogens with zero attached hydrogens (tertiary/aromatic N) is 1. The number of pyridine rings is 1. The zero-order valence-electron chi connectivity index (χ0n) is 10.8.